The second-order valence-corrected chi connectivity index (χ2v) is 7.71. The fourth-order valence-electron chi connectivity index (χ4n) is 4.53. The molecule has 0 N–H and O–H groups in total. The van der Waals surface area contributed by atoms with Crippen LogP contribution < -0.4 is 5.56 Å². The Kier molecular flexibility index (Phi) is 3.93. The maximum absolute atomic E-state index is 13.4. The highest BCUT2D eigenvalue weighted by Crippen LogP contribution is 2.39. The Balaban J connectivity index is 1.73. The van der Waals surface area contributed by atoms with Gasteiger partial charge in [-0.2, -0.15) is 0 Å². The van der Waals surface area contributed by atoms with Gasteiger partial charge in [0.25, 0.3) is 5.56 Å². The van der Waals surface area contributed by atoms with E-state index in [1.807, 2.05) is 30.9 Å². The summed E-state index contributed by atoms with van der Waals surface area (Å²) < 4.78 is 16.5. The number of hydrogen-bond acceptors (Lipinski definition) is 2. The third-order valence-corrected chi connectivity index (χ3v) is 5.90. The van der Waals surface area contributed by atoms with Crippen LogP contribution in [-0.2, 0) is 20.6 Å². The zero-order chi connectivity index (χ0) is 18.6. The van der Waals surface area contributed by atoms with Gasteiger partial charge in [0.2, 0.25) is 0 Å². The lowest BCUT2D eigenvalue weighted by Crippen LogP contribution is -2.61. The summed E-state index contributed by atoms with van der Waals surface area (Å²) in [6.07, 6.45) is 8.84. The molecule has 6 heteroatoms. The summed E-state index contributed by atoms with van der Waals surface area (Å²) in [4.78, 5) is 12.7. The molecule has 2 aromatic rings. The van der Waals surface area contributed by atoms with Crippen molar-refractivity contribution in [3.63, 3.8) is 0 Å². The van der Waals surface area contributed by atoms with Gasteiger partial charge >= 0.3 is 0 Å². The summed E-state index contributed by atoms with van der Waals surface area (Å²) in [7, 11) is 3.66. The monoisotopic (exact) mass is 357 g/mol. The van der Waals surface area contributed by atoms with Gasteiger partial charge in [0, 0.05) is 38.5 Å². The third kappa shape index (κ3) is 2.56. The van der Waals surface area contributed by atoms with E-state index in [1.54, 1.807) is 17.7 Å². The fourth-order valence-corrected chi connectivity index (χ4v) is 4.53. The highest BCUT2D eigenvalue weighted by atomic mass is 19.1. The zero-order valence-electron chi connectivity index (χ0n) is 15.5. The number of nitrogens with zero attached hydrogens (tertiary/aromatic N) is 3. The van der Waals surface area contributed by atoms with Gasteiger partial charge in [0.05, 0.1) is 23.9 Å². The minimum absolute atomic E-state index is 0.0632. The second kappa shape index (κ2) is 5.93. The zero-order valence-corrected chi connectivity index (χ0v) is 15.5. The Morgan fingerprint density at radius 1 is 1.23 bits per heavy atom. The topological polar surface area (TPSA) is 50.0 Å². The number of aromatic nitrogens is 2. The average molecular weight is 357 g/mol. The molecule has 138 valence electrons. The second-order valence-electron chi connectivity index (χ2n) is 7.71. The molecule has 1 aliphatic heterocycles. The van der Waals surface area contributed by atoms with Gasteiger partial charge in [0.15, 0.2) is 0 Å². The summed E-state index contributed by atoms with van der Waals surface area (Å²) in [6, 6.07) is -0.122. The number of aryl methyl sites for hydroxylation is 3. The maximum atomic E-state index is 13.4. The number of hydroxylamine groups is 3. The summed E-state index contributed by atoms with van der Waals surface area (Å²) >= 11 is 0. The van der Waals surface area contributed by atoms with E-state index in [1.165, 1.54) is 6.08 Å². The lowest BCUT2D eigenvalue weighted by molar-refractivity contribution is -0.952. The summed E-state index contributed by atoms with van der Waals surface area (Å²) in [5, 5.41) is 14.1. The molecule has 0 spiro atoms. The number of allylic oxidation sites excluding steroid dienone is 3. The van der Waals surface area contributed by atoms with Crippen molar-refractivity contribution in [3.05, 3.63) is 62.6 Å². The van der Waals surface area contributed by atoms with E-state index in [0.29, 0.717) is 24.8 Å². The van der Waals surface area contributed by atoms with E-state index in [9.17, 15) is 14.4 Å². The molecule has 2 aromatic heterocycles. The minimum Gasteiger partial charge on any atom is -0.632 e. The van der Waals surface area contributed by atoms with Crippen LogP contribution in [0.5, 0.6) is 0 Å². The van der Waals surface area contributed by atoms with Crippen molar-refractivity contribution in [2.75, 3.05) is 6.54 Å². The molecule has 0 radical (unpaired) electrons. The Labute approximate surface area is 151 Å². The normalized spacial score (nSPS) is 25.8. The van der Waals surface area contributed by atoms with Crippen molar-refractivity contribution in [1.82, 2.24) is 9.13 Å². The molecule has 0 amide bonds. The van der Waals surface area contributed by atoms with Crippen LogP contribution in [0.3, 0.4) is 0 Å². The SMILES string of the molecule is Cc1cn(C)c(=O)c2c(C[N+]3([O-])CCC3C3=CC=C(F)CC3)cn(C)c12. The molecule has 1 saturated heterocycles. The number of pyridine rings is 1. The van der Waals surface area contributed by atoms with E-state index < -0.39 is 0 Å². The van der Waals surface area contributed by atoms with Crippen molar-refractivity contribution >= 4 is 10.9 Å². The quantitative estimate of drug-likeness (QED) is 0.625. The molecule has 2 atom stereocenters. The van der Waals surface area contributed by atoms with Crippen LogP contribution >= 0.6 is 0 Å². The molecule has 4 rings (SSSR count). The molecular formula is C20H24FN3O2. The van der Waals surface area contributed by atoms with Crippen molar-refractivity contribution < 1.29 is 9.04 Å². The Bertz CT molecular complexity index is 1010. The first-order valence-electron chi connectivity index (χ1n) is 9.07. The van der Waals surface area contributed by atoms with Crippen molar-refractivity contribution in [2.45, 2.75) is 38.8 Å². The standard InChI is InChI=1S/C20H24FN3O2/c1-13-10-23(3)20(25)18-15(11-22(2)19(13)18)12-24(26)9-8-17(24)14-4-6-16(21)7-5-14/h4,6,10-11,17H,5,7-9,12H2,1-3H3. The van der Waals surface area contributed by atoms with E-state index in [0.717, 1.165) is 28.6 Å². The van der Waals surface area contributed by atoms with Gasteiger partial charge in [-0.15, -0.1) is 0 Å². The molecule has 2 aliphatic rings. The van der Waals surface area contributed by atoms with Crippen LogP contribution in [0.2, 0.25) is 0 Å². The van der Waals surface area contributed by atoms with Gasteiger partial charge in [-0.3, -0.25) is 4.79 Å². The molecule has 1 fully saturated rings. The number of quaternary nitrogens is 1. The molecule has 0 aromatic carbocycles. The van der Waals surface area contributed by atoms with Crippen LogP contribution in [0.4, 0.5) is 4.39 Å². The van der Waals surface area contributed by atoms with E-state index in [-0.39, 0.29) is 28.6 Å². The minimum atomic E-state index is -0.350. The molecule has 3 heterocycles. The predicted molar refractivity (Wildman–Crippen MR) is 100 cm³/mol. The third-order valence-electron chi connectivity index (χ3n) is 5.90. The maximum Gasteiger partial charge on any atom is 0.260 e. The Hall–Kier alpha value is -2.18. The number of halogens is 1. The predicted octanol–water partition coefficient (Wildman–Crippen LogP) is 3.35. The molecular weight excluding hydrogens is 333 g/mol. The van der Waals surface area contributed by atoms with E-state index in [2.05, 4.69) is 0 Å². The van der Waals surface area contributed by atoms with Gasteiger partial charge < -0.3 is 19.0 Å². The number of likely N-dealkylation sites (tertiary alicyclic amines) is 1. The van der Waals surface area contributed by atoms with Gasteiger partial charge in [-0.1, -0.05) is 6.08 Å². The number of fused-ring (bicyclic) bond motifs is 1. The van der Waals surface area contributed by atoms with Gasteiger partial charge in [-0.25, -0.2) is 4.39 Å². The van der Waals surface area contributed by atoms with Gasteiger partial charge in [-0.05, 0) is 30.6 Å². The lowest BCUT2D eigenvalue weighted by atomic mass is 9.87. The molecule has 26 heavy (non-hydrogen) atoms. The highest BCUT2D eigenvalue weighted by molar-refractivity contribution is 5.85. The smallest absolute Gasteiger partial charge is 0.260 e. The molecule has 5 nitrogen and oxygen atoms in total. The van der Waals surface area contributed by atoms with Crippen LogP contribution in [0.25, 0.3) is 10.9 Å². The van der Waals surface area contributed by atoms with Crippen LogP contribution in [0.15, 0.2) is 40.7 Å². The van der Waals surface area contributed by atoms with Crippen molar-refractivity contribution in [2.24, 2.45) is 14.1 Å². The van der Waals surface area contributed by atoms with Crippen LogP contribution in [0, 0.1) is 12.1 Å². The van der Waals surface area contributed by atoms with E-state index in [4.69, 9.17) is 0 Å². The Morgan fingerprint density at radius 2 is 2.00 bits per heavy atom. The number of hydrogen-bond donors (Lipinski definition) is 0. The first-order chi connectivity index (χ1) is 12.3. The van der Waals surface area contributed by atoms with Crippen LogP contribution in [0.1, 0.15) is 30.4 Å². The van der Waals surface area contributed by atoms with E-state index >= 15 is 0 Å². The summed E-state index contributed by atoms with van der Waals surface area (Å²) in [5.41, 5.74) is 3.70. The largest absolute Gasteiger partial charge is 0.632 e. The number of rotatable bonds is 3. The highest BCUT2D eigenvalue weighted by Gasteiger charge is 2.42. The summed E-state index contributed by atoms with van der Waals surface area (Å²) in [5.74, 6) is -0.120. The first-order valence-corrected chi connectivity index (χ1v) is 9.07. The fraction of sp³-hybridized carbons (Fsp3) is 0.450. The lowest BCUT2D eigenvalue weighted by Gasteiger charge is -2.57. The van der Waals surface area contributed by atoms with Crippen LogP contribution in [-0.4, -0.2) is 26.4 Å². The summed E-state index contributed by atoms with van der Waals surface area (Å²) in [6.45, 7) is 2.80. The van der Waals surface area contributed by atoms with Crippen molar-refractivity contribution in [3.8, 4) is 0 Å². The molecule has 0 saturated carbocycles. The Morgan fingerprint density at radius 3 is 2.62 bits per heavy atom. The van der Waals surface area contributed by atoms with Gasteiger partial charge in [0.1, 0.15) is 18.4 Å². The first kappa shape index (κ1) is 17.2. The van der Waals surface area contributed by atoms with Crippen molar-refractivity contribution in [1.29, 1.82) is 0 Å². The average Bonchev–Trinajstić information content (AvgIpc) is 2.90. The molecule has 0 bridgehead atoms. The molecule has 2 unspecified atom stereocenters. The molecule has 1 aliphatic carbocycles.